The van der Waals surface area contributed by atoms with E-state index in [-0.39, 0.29) is 24.7 Å². The maximum Gasteiger partial charge on any atom is 0.273 e. The summed E-state index contributed by atoms with van der Waals surface area (Å²) in [5.74, 6) is -0.993. The van der Waals surface area contributed by atoms with E-state index in [0.29, 0.717) is 16.4 Å². The Morgan fingerprint density at radius 1 is 1.32 bits per heavy atom. The number of aryl methyl sites for hydroxylation is 2. The summed E-state index contributed by atoms with van der Waals surface area (Å²) >= 11 is 1.37. The van der Waals surface area contributed by atoms with Gasteiger partial charge >= 0.3 is 0 Å². The number of para-hydroxylation sites is 1. The van der Waals surface area contributed by atoms with Crippen molar-refractivity contribution in [2.75, 3.05) is 10.2 Å². The quantitative estimate of drug-likeness (QED) is 0.861. The van der Waals surface area contributed by atoms with Crippen LogP contribution in [0.5, 0.6) is 0 Å². The molecule has 128 valence electrons. The van der Waals surface area contributed by atoms with Gasteiger partial charge in [-0.1, -0.05) is 12.1 Å². The maximum absolute atomic E-state index is 13.0. The Kier molecular flexibility index (Phi) is 3.40. The van der Waals surface area contributed by atoms with E-state index in [9.17, 15) is 14.4 Å². The summed E-state index contributed by atoms with van der Waals surface area (Å²) in [5, 5.41) is 5.98. The minimum absolute atomic E-state index is 0.186. The lowest BCUT2D eigenvalue weighted by atomic mass is 9.99. The molecular weight excluding hydrogens is 340 g/mol. The first kappa shape index (κ1) is 15.8. The van der Waals surface area contributed by atoms with Crippen LogP contribution in [-0.2, 0) is 9.59 Å². The summed E-state index contributed by atoms with van der Waals surface area (Å²) in [5.41, 5.74) is 0.295. The molecule has 8 heteroatoms. The number of nitrogens with zero attached hydrogens (tertiary/aromatic N) is 2. The van der Waals surface area contributed by atoms with Crippen LogP contribution < -0.4 is 15.5 Å². The Morgan fingerprint density at radius 2 is 2.08 bits per heavy atom. The first-order valence-electron chi connectivity index (χ1n) is 7.92. The highest BCUT2D eigenvalue weighted by Gasteiger charge is 2.56. The Labute approximate surface area is 148 Å². The summed E-state index contributed by atoms with van der Waals surface area (Å²) in [6, 6.07) is 6.81. The normalized spacial score (nSPS) is 21.6. The minimum atomic E-state index is -1.41. The van der Waals surface area contributed by atoms with Gasteiger partial charge in [-0.15, -0.1) is 11.3 Å². The third-order valence-corrected chi connectivity index (χ3v) is 5.65. The lowest BCUT2D eigenvalue weighted by Crippen LogP contribution is -2.68. The fourth-order valence-corrected chi connectivity index (χ4v) is 4.11. The van der Waals surface area contributed by atoms with E-state index in [1.165, 1.54) is 16.2 Å². The van der Waals surface area contributed by atoms with Crippen LogP contribution in [0.2, 0.25) is 0 Å². The Balaban J connectivity index is 1.75. The average molecular weight is 356 g/mol. The van der Waals surface area contributed by atoms with Gasteiger partial charge in [0, 0.05) is 17.7 Å². The van der Waals surface area contributed by atoms with Crippen molar-refractivity contribution < 1.29 is 14.4 Å². The number of hydrogen-bond donors (Lipinski definition) is 2. The van der Waals surface area contributed by atoms with Gasteiger partial charge in [-0.3, -0.25) is 24.6 Å². The number of fused-ring (bicyclic) bond motifs is 3. The molecule has 1 aromatic heterocycles. The number of thiazole rings is 1. The molecule has 1 fully saturated rings. The van der Waals surface area contributed by atoms with Crippen LogP contribution >= 0.6 is 11.3 Å². The summed E-state index contributed by atoms with van der Waals surface area (Å²) in [7, 11) is 0. The standard InChI is InChI=1S/C17H16N4O3S/c1-9-10(2)25-16(18-9)19-15(24)17-8-7-13(22)21(17)12-6-4-3-5-11(12)14(23)20-17/h3-6H,7-8H2,1-2H3,(H,20,23)(H,18,19,24)/t17-/m0/s1. The number of anilines is 2. The molecule has 0 unspecified atom stereocenters. The van der Waals surface area contributed by atoms with E-state index in [4.69, 9.17) is 0 Å². The number of amides is 3. The molecule has 4 rings (SSSR count). The molecule has 0 radical (unpaired) electrons. The van der Waals surface area contributed by atoms with Crippen LogP contribution in [0.25, 0.3) is 0 Å². The van der Waals surface area contributed by atoms with Gasteiger partial charge in [0.05, 0.1) is 16.9 Å². The SMILES string of the molecule is Cc1nc(NC(=O)[C@]23CCC(=O)N2c2ccccc2C(=O)N3)sc1C. The predicted molar refractivity (Wildman–Crippen MR) is 93.6 cm³/mol. The van der Waals surface area contributed by atoms with E-state index in [0.717, 1.165) is 10.6 Å². The molecule has 0 saturated carbocycles. The van der Waals surface area contributed by atoms with Gasteiger partial charge in [-0.25, -0.2) is 4.98 Å². The zero-order valence-corrected chi connectivity index (χ0v) is 14.6. The zero-order chi connectivity index (χ0) is 17.8. The molecule has 25 heavy (non-hydrogen) atoms. The van der Waals surface area contributed by atoms with Gasteiger partial charge in [-0.2, -0.15) is 0 Å². The van der Waals surface area contributed by atoms with Gasteiger partial charge in [0.15, 0.2) is 5.13 Å². The van der Waals surface area contributed by atoms with Crippen molar-refractivity contribution in [3.63, 3.8) is 0 Å². The van der Waals surface area contributed by atoms with Crippen LogP contribution in [0.1, 0.15) is 33.8 Å². The highest BCUT2D eigenvalue weighted by atomic mass is 32.1. The fourth-order valence-electron chi connectivity index (χ4n) is 3.30. The number of rotatable bonds is 2. The summed E-state index contributed by atoms with van der Waals surface area (Å²) < 4.78 is 0. The van der Waals surface area contributed by atoms with E-state index < -0.39 is 11.6 Å². The second-order valence-electron chi connectivity index (χ2n) is 6.18. The van der Waals surface area contributed by atoms with E-state index in [1.54, 1.807) is 24.3 Å². The molecule has 2 aliphatic heterocycles. The zero-order valence-electron chi connectivity index (χ0n) is 13.8. The van der Waals surface area contributed by atoms with Crippen molar-refractivity contribution in [2.24, 2.45) is 0 Å². The van der Waals surface area contributed by atoms with Gasteiger partial charge in [0.25, 0.3) is 11.8 Å². The number of aromatic nitrogens is 1. The number of carbonyl (C=O) groups is 3. The van der Waals surface area contributed by atoms with E-state index in [1.807, 2.05) is 13.8 Å². The van der Waals surface area contributed by atoms with Gasteiger partial charge < -0.3 is 5.32 Å². The molecule has 0 aliphatic carbocycles. The van der Waals surface area contributed by atoms with Crippen molar-refractivity contribution in [3.8, 4) is 0 Å². The second kappa shape index (κ2) is 5.38. The summed E-state index contributed by atoms with van der Waals surface area (Å²) in [6.07, 6.45) is 0.416. The topological polar surface area (TPSA) is 91.4 Å². The number of nitrogens with one attached hydrogen (secondary N) is 2. The van der Waals surface area contributed by atoms with Gasteiger partial charge in [0.2, 0.25) is 11.6 Å². The molecular formula is C17H16N4O3S. The van der Waals surface area contributed by atoms with Crippen LogP contribution in [-0.4, -0.2) is 28.4 Å². The molecule has 3 amide bonds. The first-order chi connectivity index (χ1) is 11.9. The molecule has 1 aromatic carbocycles. The summed E-state index contributed by atoms with van der Waals surface area (Å²) in [4.78, 5) is 44.8. The first-order valence-corrected chi connectivity index (χ1v) is 8.74. The highest BCUT2D eigenvalue weighted by molar-refractivity contribution is 7.15. The van der Waals surface area contributed by atoms with Gasteiger partial charge in [-0.05, 0) is 26.0 Å². The number of benzene rings is 1. The Bertz CT molecular complexity index is 903. The second-order valence-corrected chi connectivity index (χ2v) is 7.38. The Hall–Kier alpha value is -2.74. The molecule has 0 spiro atoms. The summed E-state index contributed by atoms with van der Waals surface area (Å²) in [6.45, 7) is 3.79. The lowest BCUT2D eigenvalue weighted by molar-refractivity contribution is -0.124. The molecule has 2 aromatic rings. The average Bonchev–Trinajstić information content (AvgIpc) is 3.08. The minimum Gasteiger partial charge on any atom is -0.321 e. The fraction of sp³-hybridized carbons (Fsp3) is 0.294. The molecule has 1 atom stereocenters. The van der Waals surface area contributed by atoms with Crippen molar-refractivity contribution in [1.29, 1.82) is 0 Å². The predicted octanol–water partition coefficient (Wildman–Crippen LogP) is 1.97. The molecule has 0 bridgehead atoms. The number of hydrogen-bond acceptors (Lipinski definition) is 5. The molecule has 3 heterocycles. The van der Waals surface area contributed by atoms with Crippen LogP contribution in [0, 0.1) is 13.8 Å². The van der Waals surface area contributed by atoms with E-state index in [2.05, 4.69) is 15.6 Å². The highest BCUT2D eigenvalue weighted by Crippen LogP contribution is 2.40. The van der Waals surface area contributed by atoms with Crippen molar-refractivity contribution in [2.45, 2.75) is 32.4 Å². The maximum atomic E-state index is 13.0. The third kappa shape index (κ3) is 2.25. The van der Waals surface area contributed by atoms with E-state index >= 15 is 0 Å². The lowest BCUT2D eigenvalue weighted by Gasteiger charge is -2.41. The Morgan fingerprint density at radius 3 is 2.80 bits per heavy atom. The van der Waals surface area contributed by atoms with Crippen molar-refractivity contribution in [1.82, 2.24) is 10.3 Å². The van der Waals surface area contributed by atoms with Crippen LogP contribution in [0.3, 0.4) is 0 Å². The van der Waals surface area contributed by atoms with Gasteiger partial charge in [0.1, 0.15) is 0 Å². The molecule has 7 nitrogen and oxygen atoms in total. The molecule has 2 N–H and O–H groups in total. The third-order valence-electron chi connectivity index (χ3n) is 4.67. The number of carbonyl (C=O) groups excluding carboxylic acids is 3. The largest absolute Gasteiger partial charge is 0.321 e. The smallest absolute Gasteiger partial charge is 0.273 e. The van der Waals surface area contributed by atoms with Crippen molar-refractivity contribution >= 4 is 39.9 Å². The molecule has 1 saturated heterocycles. The van der Waals surface area contributed by atoms with Crippen LogP contribution in [0.4, 0.5) is 10.8 Å². The van der Waals surface area contributed by atoms with Crippen molar-refractivity contribution in [3.05, 3.63) is 40.4 Å². The van der Waals surface area contributed by atoms with Crippen LogP contribution in [0.15, 0.2) is 24.3 Å². The monoisotopic (exact) mass is 356 g/mol. The molecule has 2 aliphatic rings.